The number of aromatic nitrogens is 4. The summed E-state index contributed by atoms with van der Waals surface area (Å²) in [7, 11) is 0. The molecule has 2 aromatic heterocycles. The SMILES string of the molecule is Cc1nn(-c2ccc(Cl)nn2)c2c1[C@H](c1ccc(OCc3ccc(Cl)cc3)cc1)CC(=O)N2. The molecule has 1 N–H and O–H groups in total. The quantitative estimate of drug-likeness (QED) is 0.418. The first-order chi connectivity index (χ1) is 16.0. The van der Waals surface area contributed by atoms with Gasteiger partial charge in [-0.2, -0.15) is 9.78 Å². The van der Waals surface area contributed by atoms with Gasteiger partial charge in [0.05, 0.1) is 5.69 Å². The number of anilines is 1. The van der Waals surface area contributed by atoms with Crippen molar-refractivity contribution < 1.29 is 9.53 Å². The molecule has 7 nitrogen and oxygen atoms in total. The summed E-state index contributed by atoms with van der Waals surface area (Å²) in [4.78, 5) is 12.6. The minimum atomic E-state index is -0.131. The molecule has 0 spiro atoms. The Morgan fingerprint density at radius 3 is 2.48 bits per heavy atom. The third-order valence-electron chi connectivity index (χ3n) is 5.54. The summed E-state index contributed by atoms with van der Waals surface area (Å²) in [6.07, 6.45) is 0.330. The molecule has 1 aliphatic rings. The largest absolute Gasteiger partial charge is 0.489 e. The molecule has 2 aromatic carbocycles. The van der Waals surface area contributed by atoms with Crippen molar-refractivity contribution in [3.05, 3.63) is 93.2 Å². The van der Waals surface area contributed by atoms with Crippen LogP contribution in [-0.4, -0.2) is 25.9 Å². The number of carbonyl (C=O) groups is 1. The normalized spacial score (nSPS) is 15.1. The molecule has 0 radical (unpaired) electrons. The topological polar surface area (TPSA) is 81.9 Å². The van der Waals surface area contributed by atoms with Crippen molar-refractivity contribution >= 4 is 34.9 Å². The van der Waals surface area contributed by atoms with E-state index in [-0.39, 0.29) is 17.0 Å². The van der Waals surface area contributed by atoms with Gasteiger partial charge in [-0.15, -0.1) is 10.2 Å². The lowest BCUT2D eigenvalue weighted by Gasteiger charge is -2.24. The van der Waals surface area contributed by atoms with E-state index in [9.17, 15) is 4.79 Å². The molecule has 0 unspecified atom stereocenters. The minimum Gasteiger partial charge on any atom is -0.489 e. The second kappa shape index (κ2) is 8.84. The van der Waals surface area contributed by atoms with Crippen molar-refractivity contribution in [2.24, 2.45) is 0 Å². The fourth-order valence-electron chi connectivity index (χ4n) is 3.96. The first kappa shape index (κ1) is 21.4. The first-order valence-electron chi connectivity index (χ1n) is 10.3. The number of fused-ring (bicyclic) bond motifs is 1. The molecule has 0 bridgehead atoms. The molecule has 0 fully saturated rings. The Hall–Kier alpha value is -3.42. The van der Waals surface area contributed by atoms with Crippen LogP contribution in [0.2, 0.25) is 10.2 Å². The first-order valence-corrected chi connectivity index (χ1v) is 11.1. The third kappa shape index (κ3) is 4.42. The summed E-state index contributed by atoms with van der Waals surface area (Å²) in [6.45, 7) is 2.37. The minimum absolute atomic E-state index is 0.0846. The lowest BCUT2D eigenvalue weighted by Crippen LogP contribution is -2.25. The smallest absolute Gasteiger partial charge is 0.226 e. The van der Waals surface area contributed by atoms with Crippen LogP contribution in [0.4, 0.5) is 5.82 Å². The number of benzene rings is 2. The number of hydrogen-bond donors (Lipinski definition) is 1. The van der Waals surface area contributed by atoms with Crippen molar-refractivity contribution in [1.29, 1.82) is 0 Å². The molecule has 0 saturated carbocycles. The van der Waals surface area contributed by atoms with Gasteiger partial charge in [-0.1, -0.05) is 47.5 Å². The summed E-state index contributed by atoms with van der Waals surface area (Å²) in [5, 5.41) is 16.5. The zero-order chi connectivity index (χ0) is 22.9. The number of ether oxygens (including phenoxy) is 1. The highest BCUT2D eigenvalue weighted by atomic mass is 35.5. The maximum atomic E-state index is 12.6. The summed E-state index contributed by atoms with van der Waals surface area (Å²) in [5.74, 6) is 1.62. The van der Waals surface area contributed by atoms with E-state index in [1.165, 1.54) is 0 Å². The monoisotopic (exact) mass is 479 g/mol. The van der Waals surface area contributed by atoms with Gasteiger partial charge in [0.25, 0.3) is 0 Å². The fraction of sp³-hybridized carbons (Fsp3) is 0.167. The number of hydrogen-bond acceptors (Lipinski definition) is 5. The van der Waals surface area contributed by atoms with E-state index in [2.05, 4.69) is 20.6 Å². The summed E-state index contributed by atoms with van der Waals surface area (Å²) in [5.41, 5.74) is 3.82. The van der Waals surface area contributed by atoms with Crippen molar-refractivity contribution in [2.45, 2.75) is 25.9 Å². The van der Waals surface area contributed by atoms with E-state index in [1.807, 2.05) is 55.5 Å². The van der Waals surface area contributed by atoms with Gasteiger partial charge in [-0.3, -0.25) is 4.79 Å². The van der Waals surface area contributed by atoms with Gasteiger partial charge in [-0.05, 0) is 54.4 Å². The molecule has 0 aliphatic carbocycles. The van der Waals surface area contributed by atoms with Crippen LogP contribution in [0.15, 0.2) is 60.7 Å². The van der Waals surface area contributed by atoms with Gasteiger partial charge in [0.2, 0.25) is 5.91 Å². The Kier molecular flexibility index (Phi) is 5.74. The number of nitrogens with one attached hydrogen (secondary N) is 1. The molecule has 4 aromatic rings. The third-order valence-corrected chi connectivity index (χ3v) is 5.99. The van der Waals surface area contributed by atoms with Crippen LogP contribution in [0.25, 0.3) is 5.82 Å². The van der Waals surface area contributed by atoms with E-state index in [0.717, 1.165) is 28.1 Å². The Balaban J connectivity index is 1.40. The van der Waals surface area contributed by atoms with Crippen LogP contribution in [0.1, 0.15) is 34.7 Å². The summed E-state index contributed by atoms with van der Waals surface area (Å²) in [6, 6.07) is 18.7. The zero-order valence-electron chi connectivity index (χ0n) is 17.6. The van der Waals surface area contributed by atoms with Gasteiger partial charge < -0.3 is 10.1 Å². The van der Waals surface area contributed by atoms with Crippen LogP contribution >= 0.6 is 23.2 Å². The van der Waals surface area contributed by atoms with Crippen molar-refractivity contribution in [3.63, 3.8) is 0 Å². The van der Waals surface area contributed by atoms with Crippen LogP contribution in [-0.2, 0) is 11.4 Å². The summed E-state index contributed by atoms with van der Waals surface area (Å²) < 4.78 is 7.49. The standard InChI is InChI=1S/C24H19Cl2N5O2/c1-14-23-19(12-22(32)27-24(23)31(30-14)21-11-10-20(26)28-29-21)16-4-8-18(9-5-16)33-13-15-2-6-17(25)7-3-15/h2-11,19H,12-13H2,1H3,(H,27,32)/t19-/m0/s1. The van der Waals surface area contributed by atoms with Gasteiger partial charge >= 0.3 is 0 Å². The molecule has 3 heterocycles. The van der Waals surface area contributed by atoms with E-state index in [1.54, 1.807) is 16.8 Å². The molecule has 0 saturated heterocycles. The van der Waals surface area contributed by atoms with Crippen molar-refractivity contribution in [2.75, 3.05) is 5.32 Å². The zero-order valence-corrected chi connectivity index (χ0v) is 19.1. The van der Waals surface area contributed by atoms with Gasteiger partial charge in [0.15, 0.2) is 11.0 Å². The molecular formula is C24H19Cl2N5O2. The molecule has 166 valence electrons. The maximum Gasteiger partial charge on any atom is 0.226 e. The van der Waals surface area contributed by atoms with Crippen LogP contribution in [0.5, 0.6) is 5.75 Å². The lowest BCUT2D eigenvalue weighted by molar-refractivity contribution is -0.116. The van der Waals surface area contributed by atoms with Crippen molar-refractivity contribution in [1.82, 2.24) is 20.0 Å². The van der Waals surface area contributed by atoms with Crippen LogP contribution in [0.3, 0.4) is 0 Å². The molecule has 1 aliphatic heterocycles. The number of halogens is 2. The van der Waals surface area contributed by atoms with Crippen LogP contribution in [0, 0.1) is 6.92 Å². The second-order valence-corrected chi connectivity index (χ2v) is 8.59. The molecule has 1 amide bonds. The van der Waals surface area contributed by atoms with E-state index < -0.39 is 0 Å². The molecular weight excluding hydrogens is 461 g/mol. The predicted octanol–water partition coefficient (Wildman–Crippen LogP) is 5.33. The Bertz CT molecular complexity index is 1300. The fourth-order valence-corrected chi connectivity index (χ4v) is 4.19. The van der Waals surface area contributed by atoms with Gasteiger partial charge in [0, 0.05) is 22.9 Å². The van der Waals surface area contributed by atoms with Crippen molar-refractivity contribution in [3.8, 4) is 11.6 Å². The van der Waals surface area contributed by atoms with E-state index in [4.69, 9.17) is 27.9 Å². The highest BCUT2D eigenvalue weighted by molar-refractivity contribution is 6.30. The average molecular weight is 480 g/mol. The van der Waals surface area contributed by atoms with E-state index in [0.29, 0.717) is 29.7 Å². The Labute approximate surface area is 200 Å². The number of amides is 1. The number of rotatable bonds is 5. The van der Waals surface area contributed by atoms with E-state index >= 15 is 0 Å². The van der Waals surface area contributed by atoms with Gasteiger partial charge in [-0.25, -0.2) is 0 Å². The highest BCUT2D eigenvalue weighted by Crippen LogP contribution is 2.40. The summed E-state index contributed by atoms with van der Waals surface area (Å²) >= 11 is 11.8. The lowest BCUT2D eigenvalue weighted by atomic mass is 9.86. The predicted molar refractivity (Wildman–Crippen MR) is 126 cm³/mol. The highest BCUT2D eigenvalue weighted by Gasteiger charge is 2.33. The molecule has 1 atom stereocenters. The van der Waals surface area contributed by atoms with Crippen LogP contribution < -0.4 is 10.1 Å². The number of aryl methyl sites for hydroxylation is 1. The second-order valence-electron chi connectivity index (χ2n) is 7.76. The number of carbonyl (C=O) groups excluding carboxylic acids is 1. The average Bonchev–Trinajstić information content (AvgIpc) is 3.15. The number of nitrogens with zero attached hydrogens (tertiary/aromatic N) is 4. The molecule has 5 rings (SSSR count). The van der Waals surface area contributed by atoms with Gasteiger partial charge in [0.1, 0.15) is 18.2 Å². The maximum absolute atomic E-state index is 12.6. The Morgan fingerprint density at radius 1 is 1.03 bits per heavy atom. The molecule has 33 heavy (non-hydrogen) atoms. The molecule has 9 heteroatoms. The Morgan fingerprint density at radius 2 is 1.79 bits per heavy atom.